The number of alkyl halides is 3. The van der Waals surface area contributed by atoms with Crippen molar-refractivity contribution in [1.29, 1.82) is 0 Å². The van der Waals surface area contributed by atoms with E-state index in [0.717, 1.165) is 34.4 Å². The van der Waals surface area contributed by atoms with Gasteiger partial charge in [-0.05, 0) is 97.5 Å². The number of aryl methyl sites for hydroxylation is 1. The molecule has 13 heteroatoms. The van der Waals surface area contributed by atoms with Gasteiger partial charge in [-0.2, -0.15) is 13.2 Å². The Bertz CT molecular complexity index is 1840. The Labute approximate surface area is 325 Å². The Kier molecular flexibility index (Phi) is 16.6. The lowest BCUT2D eigenvalue weighted by Gasteiger charge is -2.19. The maximum atomic E-state index is 13.1. The molecule has 10 nitrogen and oxygen atoms in total. The van der Waals surface area contributed by atoms with Gasteiger partial charge < -0.3 is 35.8 Å². The summed E-state index contributed by atoms with van der Waals surface area (Å²) in [7, 11) is 0. The van der Waals surface area contributed by atoms with Crippen LogP contribution >= 0.6 is 0 Å². The molecule has 0 heterocycles. The van der Waals surface area contributed by atoms with Crippen molar-refractivity contribution in [1.82, 2.24) is 0 Å². The van der Waals surface area contributed by atoms with Crippen LogP contribution in [0.25, 0.3) is 6.08 Å². The summed E-state index contributed by atoms with van der Waals surface area (Å²) < 4.78 is 49.6. The molecule has 6 N–H and O–H groups in total. The van der Waals surface area contributed by atoms with E-state index in [9.17, 15) is 38.1 Å². The topological polar surface area (TPSA) is 164 Å². The summed E-state index contributed by atoms with van der Waals surface area (Å²) in [5, 5.41) is 34.3. The highest BCUT2D eigenvalue weighted by Crippen LogP contribution is 2.36. The molecule has 3 aromatic carbocycles. The van der Waals surface area contributed by atoms with Crippen LogP contribution in [0.4, 0.5) is 18.9 Å². The number of ether oxygens (including phenoxy) is 2. The Morgan fingerprint density at radius 2 is 1.84 bits per heavy atom. The number of unbranched alkanes of at least 4 members (excludes halogenated alkanes) is 1. The number of hydrogen-bond donors (Lipinski definition) is 5. The van der Waals surface area contributed by atoms with E-state index in [1.54, 1.807) is 36.5 Å². The molecule has 0 saturated heterocycles. The number of esters is 1. The highest BCUT2D eigenvalue weighted by Gasteiger charge is 2.39. The zero-order valence-electron chi connectivity index (χ0n) is 31.3. The number of aliphatic hydroxyl groups is 3. The van der Waals surface area contributed by atoms with Gasteiger partial charge in [0, 0.05) is 37.2 Å². The van der Waals surface area contributed by atoms with Crippen LogP contribution in [0.5, 0.6) is 5.75 Å². The molecule has 0 aromatic heterocycles. The molecule has 0 aliphatic heterocycles. The average Bonchev–Trinajstić information content (AvgIpc) is 3.44. The number of allylic oxidation sites excluding steroid dienone is 2. The number of nitrogens with two attached hydrogens (primary N) is 1. The smallest absolute Gasteiger partial charge is 0.416 e. The lowest BCUT2D eigenvalue weighted by atomic mass is 9.89. The summed E-state index contributed by atoms with van der Waals surface area (Å²) in [4.78, 5) is 29.2. The summed E-state index contributed by atoms with van der Waals surface area (Å²) in [6, 6.07) is 17.1. The third kappa shape index (κ3) is 13.3. The van der Waals surface area contributed by atoms with Crippen molar-refractivity contribution >= 4 is 30.4 Å². The zero-order chi connectivity index (χ0) is 40.7. The fourth-order valence-electron chi connectivity index (χ4n) is 6.43. The van der Waals surface area contributed by atoms with Gasteiger partial charge >= 0.3 is 12.1 Å². The second-order valence-corrected chi connectivity index (χ2v) is 13.7. The van der Waals surface area contributed by atoms with E-state index in [4.69, 9.17) is 15.2 Å². The van der Waals surface area contributed by atoms with Crippen molar-refractivity contribution in [3.8, 4) is 5.75 Å². The Hall–Kier alpha value is -5.08. The molecule has 6 atom stereocenters. The van der Waals surface area contributed by atoms with Crippen LogP contribution in [0.2, 0.25) is 0 Å². The molecule has 56 heavy (non-hydrogen) atoms. The lowest BCUT2D eigenvalue weighted by molar-refractivity contribution is -0.145. The second kappa shape index (κ2) is 21.3. The fourth-order valence-corrected chi connectivity index (χ4v) is 6.43. The van der Waals surface area contributed by atoms with Gasteiger partial charge in [-0.15, -0.1) is 0 Å². The monoisotopic (exact) mass is 777 g/mol. The molecule has 1 aliphatic rings. The number of benzene rings is 3. The molecular formula is C43H50F3N3O7. The number of amides is 1. The summed E-state index contributed by atoms with van der Waals surface area (Å²) in [5.41, 5.74) is 9.18. The molecule has 300 valence electrons. The van der Waals surface area contributed by atoms with Crippen LogP contribution in [-0.4, -0.2) is 65.4 Å². The number of aliphatic imine (C=N–C) groups is 1. The van der Waals surface area contributed by atoms with Gasteiger partial charge in [0.05, 0.1) is 23.7 Å². The molecule has 1 saturated carbocycles. The quantitative estimate of drug-likeness (QED) is 0.0381. The number of carbonyl (C=O) groups excluding carboxylic acids is 2. The maximum Gasteiger partial charge on any atom is 0.416 e. The van der Waals surface area contributed by atoms with Crippen molar-refractivity contribution in [3.63, 3.8) is 0 Å². The van der Waals surface area contributed by atoms with Gasteiger partial charge in [-0.1, -0.05) is 60.7 Å². The van der Waals surface area contributed by atoms with Crippen LogP contribution in [0.3, 0.4) is 0 Å². The highest BCUT2D eigenvalue weighted by atomic mass is 19.4. The molecule has 1 amide bonds. The van der Waals surface area contributed by atoms with E-state index in [0.29, 0.717) is 24.9 Å². The minimum absolute atomic E-state index is 0.0314. The largest absolute Gasteiger partial charge is 0.491 e. The summed E-state index contributed by atoms with van der Waals surface area (Å²) in [6.45, 7) is 5.30. The molecule has 1 aliphatic carbocycles. The molecule has 3 aromatic rings. The van der Waals surface area contributed by atoms with Gasteiger partial charge in [-0.25, -0.2) is 0 Å². The number of rotatable bonds is 19. The first kappa shape index (κ1) is 43.6. The van der Waals surface area contributed by atoms with Crippen LogP contribution in [0, 0.1) is 18.8 Å². The maximum absolute atomic E-state index is 13.1. The van der Waals surface area contributed by atoms with Crippen molar-refractivity contribution < 1.29 is 47.6 Å². The average molecular weight is 778 g/mol. The predicted molar refractivity (Wildman–Crippen MR) is 210 cm³/mol. The third-order valence-corrected chi connectivity index (χ3v) is 9.62. The van der Waals surface area contributed by atoms with Gasteiger partial charge in [-0.3, -0.25) is 14.6 Å². The van der Waals surface area contributed by atoms with Gasteiger partial charge in [0.15, 0.2) is 0 Å². The Balaban J connectivity index is 1.16. The van der Waals surface area contributed by atoms with Gasteiger partial charge in [0.25, 0.3) is 0 Å². The molecule has 0 bridgehead atoms. The number of hydrogen-bond acceptors (Lipinski definition) is 9. The number of anilines is 1. The van der Waals surface area contributed by atoms with Gasteiger partial charge in [0.1, 0.15) is 25.1 Å². The fraction of sp³-hybridized carbons (Fsp3) is 0.372. The van der Waals surface area contributed by atoms with Crippen molar-refractivity contribution in [2.24, 2.45) is 22.6 Å². The molecular weight excluding hydrogens is 727 g/mol. The second-order valence-electron chi connectivity index (χ2n) is 13.7. The van der Waals surface area contributed by atoms with E-state index < -0.39 is 41.9 Å². The lowest BCUT2D eigenvalue weighted by Crippen LogP contribution is -2.27. The van der Waals surface area contributed by atoms with E-state index in [1.807, 2.05) is 43.4 Å². The van der Waals surface area contributed by atoms with Crippen molar-refractivity contribution in [3.05, 3.63) is 125 Å². The molecule has 1 unspecified atom stereocenters. The predicted octanol–water partition coefficient (Wildman–Crippen LogP) is 6.88. The third-order valence-electron chi connectivity index (χ3n) is 9.62. The Morgan fingerprint density at radius 3 is 2.55 bits per heavy atom. The van der Waals surface area contributed by atoms with Gasteiger partial charge in [0.2, 0.25) is 5.91 Å². The molecule has 4 rings (SSSR count). The van der Waals surface area contributed by atoms with Crippen molar-refractivity contribution in [2.75, 3.05) is 18.5 Å². The minimum atomic E-state index is -4.51. The summed E-state index contributed by atoms with van der Waals surface area (Å²) in [5.74, 6) is -1.97. The summed E-state index contributed by atoms with van der Waals surface area (Å²) in [6.07, 6.45) is 4.93. The molecule has 1 fully saturated rings. The van der Waals surface area contributed by atoms with Crippen LogP contribution < -0.4 is 15.8 Å². The first-order valence-corrected chi connectivity index (χ1v) is 18.4. The standard InChI is InChI=1S/C43H50F3N3O7/c1-28-12-17-33(22-31(28)20-21-48-2)49-42(54)38(25-47)30-15-13-29(14-16-30)26-56-41(53)11-6-4-3-5-10-36-37(40(52)24-39(36)51)19-18-34(50)27-55-35-9-7-8-32(23-35)43(44,45)46/h3,5,7-9,12-23,34,36-40,50-52H,2,4,6,10-11,24-27,47H2,1H3,(H,49,54)/b5-3-,19-18+,21-20-/t34-,36+,37+,38?,39-,40+/m0/s1. The first-order valence-electron chi connectivity index (χ1n) is 18.4. The minimum Gasteiger partial charge on any atom is -0.491 e. The van der Waals surface area contributed by atoms with Crippen LogP contribution in [0.15, 0.2) is 102 Å². The van der Waals surface area contributed by atoms with Crippen LogP contribution in [0.1, 0.15) is 65.8 Å². The number of halogens is 3. The Morgan fingerprint density at radius 1 is 1.07 bits per heavy atom. The molecule has 0 radical (unpaired) electrons. The number of nitrogens with one attached hydrogen (secondary N) is 1. The molecule has 0 spiro atoms. The van der Waals surface area contributed by atoms with E-state index >= 15 is 0 Å². The highest BCUT2D eigenvalue weighted by molar-refractivity contribution is 5.96. The van der Waals surface area contributed by atoms with Crippen molar-refractivity contribution in [2.45, 2.75) is 76.0 Å². The van der Waals surface area contributed by atoms with E-state index in [1.165, 1.54) is 18.2 Å². The SMILES string of the molecule is C=N/C=C\c1cc(NC(=O)C(CN)c2ccc(COC(=O)CCC/C=C\C[C@@H]3[C@@H](/C=C/[C@H](O)COc4cccc(C(F)(F)F)c4)[C@H](O)C[C@@H]3O)cc2)ccc1C. The normalized spacial score (nSPS) is 19.7. The van der Waals surface area contributed by atoms with E-state index in [-0.39, 0.29) is 56.1 Å². The summed E-state index contributed by atoms with van der Waals surface area (Å²) >= 11 is 0. The number of carbonyl (C=O) groups is 2. The van der Waals surface area contributed by atoms with Crippen LogP contribution in [-0.2, 0) is 27.1 Å². The van der Waals surface area contributed by atoms with E-state index in [2.05, 4.69) is 17.0 Å². The first-order chi connectivity index (χ1) is 26.8. The number of nitrogens with zero attached hydrogens (tertiary/aromatic N) is 1. The zero-order valence-corrected chi connectivity index (χ0v) is 31.3. The number of aliphatic hydroxyl groups excluding tert-OH is 3.